The van der Waals surface area contributed by atoms with Gasteiger partial charge in [-0.25, -0.2) is 17.4 Å². The number of benzene rings is 1. The van der Waals surface area contributed by atoms with Crippen LogP contribution >= 0.6 is 0 Å². The van der Waals surface area contributed by atoms with Gasteiger partial charge in [-0.2, -0.15) is 5.10 Å². The Morgan fingerprint density at radius 2 is 2.00 bits per heavy atom. The van der Waals surface area contributed by atoms with E-state index in [4.69, 9.17) is 0 Å². The average Bonchev–Trinajstić information content (AvgIpc) is 3.06. The molecule has 1 fully saturated rings. The largest absolute Gasteiger partial charge is 0.348 e. The number of rotatable bonds is 5. The molecule has 3 rings (SSSR count). The first-order valence-electron chi connectivity index (χ1n) is 9.19. The number of hydrogen-bond donors (Lipinski definition) is 1. The summed E-state index contributed by atoms with van der Waals surface area (Å²) in [6, 6.07) is 7.80. The lowest BCUT2D eigenvalue weighted by Gasteiger charge is -2.31. The van der Waals surface area contributed by atoms with E-state index >= 15 is 0 Å². The summed E-state index contributed by atoms with van der Waals surface area (Å²) in [5.41, 5.74) is 3.45. The van der Waals surface area contributed by atoms with Crippen LogP contribution in [-0.2, 0) is 16.4 Å². The maximum Gasteiger partial charge on any atom is 0.255 e. The average molecular weight is 391 g/mol. The van der Waals surface area contributed by atoms with Crippen molar-refractivity contribution in [3.05, 3.63) is 47.3 Å². The Kier molecular flexibility index (Phi) is 5.67. The van der Waals surface area contributed by atoms with Gasteiger partial charge in [0.2, 0.25) is 10.0 Å². The molecule has 0 aliphatic carbocycles. The Hall–Kier alpha value is -2.19. The Balaban J connectivity index is 1.78. The van der Waals surface area contributed by atoms with Crippen LogP contribution in [0.15, 0.2) is 30.5 Å². The SMILES string of the molecule is CCc1c(C(=O)NC2CCCN(S(C)(=O)=O)C2)cnn1-c1ccc(C)cc1. The minimum atomic E-state index is -3.24. The molecule has 2 heterocycles. The van der Waals surface area contributed by atoms with Crippen molar-refractivity contribution < 1.29 is 13.2 Å². The van der Waals surface area contributed by atoms with Crippen LogP contribution in [0.1, 0.15) is 41.4 Å². The molecule has 1 unspecified atom stereocenters. The van der Waals surface area contributed by atoms with Gasteiger partial charge in [0, 0.05) is 19.1 Å². The minimum absolute atomic E-state index is 0.187. The zero-order chi connectivity index (χ0) is 19.6. The molecule has 1 aromatic carbocycles. The first kappa shape index (κ1) is 19.6. The predicted molar refractivity (Wildman–Crippen MR) is 105 cm³/mol. The fourth-order valence-electron chi connectivity index (χ4n) is 3.44. The monoisotopic (exact) mass is 390 g/mol. The summed E-state index contributed by atoms with van der Waals surface area (Å²) in [7, 11) is -3.24. The van der Waals surface area contributed by atoms with E-state index in [2.05, 4.69) is 10.4 Å². The van der Waals surface area contributed by atoms with Crippen molar-refractivity contribution in [1.29, 1.82) is 0 Å². The molecule has 0 spiro atoms. The molecule has 1 atom stereocenters. The van der Waals surface area contributed by atoms with Crippen LogP contribution in [0.5, 0.6) is 0 Å². The molecule has 1 aliphatic rings. The van der Waals surface area contributed by atoms with Gasteiger partial charge >= 0.3 is 0 Å². The van der Waals surface area contributed by atoms with Gasteiger partial charge in [-0.3, -0.25) is 4.79 Å². The molecule has 8 heteroatoms. The lowest BCUT2D eigenvalue weighted by atomic mass is 10.1. The second-order valence-electron chi connectivity index (χ2n) is 7.04. The van der Waals surface area contributed by atoms with Crippen LogP contribution in [0, 0.1) is 6.92 Å². The molecule has 27 heavy (non-hydrogen) atoms. The van der Waals surface area contributed by atoms with Crippen molar-refractivity contribution in [2.45, 2.75) is 39.2 Å². The molecular weight excluding hydrogens is 364 g/mol. The van der Waals surface area contributed by atoms with Gasteiger partial charge in [0.1, 0.15) is 0 Å². The summed E-state index contributed by atoms with van der Waals surface area (Å²) < 4.78 is 26.8. The summed E-state index contributed by atoms with van der Waals surface area (Å²) in [5.74, 6) is -0.203. The van der Waals surface area contributed by atoms with Crippen LogP contribution in [0.2, 0.25) is 0 Å². The van der Waals surface area contributed by atoms with E-state index in [0.29, 0.717) is 25.1 Å². The molecule has 0 saturated carbocycles. The molecule has 146 valence electrons. The first-order valence-corrected chi connectivity index (χ1v) is 11.0. The third-order valence-corrected chi connectivity index (χ3v) is 6.18. The lowest BCUT2D eigenvalue weighted by Crippen LogP contribution is -2.49. The number of hydrogen-bond acceptors (Lipinski definition) is 4. The summed E-state index contributed by atoms with van der Waals surface area (Å²) in [6.45, 7) is 4.84. The highest BCUT2D eigenvalue weighted by atomic mass is 32.2. The molecule has 0 radical (unpaired) electrons. The molecular formula is C19H26N4O3S. The highest BCUT2D eigenvalue weighted by molar-refractivity contribution is 7.88. The Bertz CT molecular complexity index is 919. The minimum Gasteiger partial charge on any atom is -0.348 e. The third-order valence-electron chi connectivity index (χ3n) is 4.92. The first-order chi connectivity index (χ1) is 12.8. The van der Waals surface area contributed by atoms with Crippen LogP contribution < -0.4 is 5.32 Å². The molecule has 1 N–H and O–H groups in total. The Morgan fingerprint density at radius 1 is 1.30 bits per heavy atom. The molecule has 1 aliphatic heterocycles. The number of aromatic nitrogens is 2. The zero-order valence-electron chi connectivity index (χ0n) is 16.0. The van der Waals surface area contributed by atoms with Gasteiger partial charge in [0.15, 0.2) is 0 Å². The second kappa shape index (κ2) is 7.82. The van der Waals surface area contributed by atoms with E-state index in [1.165, 1.54) is 10.6 Å². The standard InChI is InChI=1S/C19H26N4O3S/c1-4-18-17(12-20-23(18)16-9-7-14(2)8-10-16)19(24)21-15-6-5-11-22(13-15)27(3,25)26/h7-10,12,15H,4-6,11,13H2,1-3H3,(H,21,24). The fraction of sp³-hybridized carbons (Fsp3) is 0.474. The normalized spacial score (nSPS) is 18.4. The van der Waals surface area contributed by atoms with Crippen molar-refractivity contribution in [2.75, 3.05) is 19.3 Å². The number of sulfonamides is 1. The molecule has 1 saturated heterocycles. The Labute approximate surface area is 160 Å². The van der Waals surface area contributed by atoms with E-state index in [9.17, 15) is 13.2 Å². The van der Waals surface area contributed by atoms with Gasteiger partial charge in [-0.1, -0.05) is 24.6 Å². The van der Waals surface area contributed by atoms with Crippen LogP contribution in [0.4, 0.5) is 0 Å². The number of aryl methyl sites for hydroxylation is 1. The number of nitrogens with one attached hydrogen (secondary N) is 1. The summed E-state index contributed by atoms with van der Waals surface area (Å²) in [5, 5.41) is 7.39. The number of nitrogens with zero attached hydrogens (tertiary/aromatic N) is 3. The van der Waals surface area contributed by atoms with E-state index in [-0.39, 0.29) is 11.9 Å². The highest BCUT2D eigenvalue weighted by Gasteiger charge is 2.28. The van der Waals surface area contributed by atoms with Gasteiger partial charge in [0.05, 0.1) is 29.4 Å². The molecule has 0 bridgehead atoms. The van der Waals surface area contributed by atoms with Crippen molar-refractivity contribution in [3.8, 4) is 5.69 Å². The number of carbonyl (C=O) groups is 1. The van der Waals surface area contributed by atoms with Gasteiger partial charge in [0.25, 0.3) is 5.91 Å². The topological polar surface area (TPSA) is 84.3 Å². The lowest BCUT2D eigenvalue weighted by molar-refractivity contribution is 0.0920. The summed E-state index contributed by atoms with van der Waals surface area (Å²) in [6.07, 6.45) is 4.96. The van der Waals surface area contributed by atoms with E-state index in [1.54, 1.807) is 10.9 Å². The van der Waals surface area contributed by atoms with Crippen LogP contribution in [0.3, 0.4) is 0 Å². The van der Waals surface area contributed by atoms with Crippen LogP contribution in [-0.4, -0.2) is 53.8 Å². The number of amides is 1. The van der Waals surface area contributed by atoms with Gasteiger partial charge in [-0.15, -0.1) is 0 Å². The van der Waals surface area contributed by atoms with Crippen LogP contribution in [0.25, 0.3) is 5.69 Å². The molecule has 1 aromatic heterocycles. The second-order valence-corrected chi connectivity index (χ2v) is 9.02. The van der Waals surface area contributed by atoms with E-state index < -0.39 is 10.0 Å². The number of carbonyl (C=O) groups excluding carboxylic acids is 1. The van der Waals surface area contributed by atoms with Gasteiger partial charge < -0.3 is 5.32 Å². The maximum absolute atomic E-state index is 12.8. The van der Waals surface area contributed by atoms with E-state index in [0.717, 1.165) is 29.8 Å². The summed E-state index contributed by atoms with van der Waals surface area (Å²) in [4.78, 5) is 12.8. The van der Waals surface area contributed by atoms with Gasteiger partial charge in [-0.05, 0) is 38.3 Å². The molecule has 7 nitrogen and oxygen atoms in total. The van der Waals surface area contributed by atoms with Crippen molar-refractivity contribution >= 4 is 15.9 Å². The fourth-order valence-corrected chi connectivity index (χ4v) is 4.35. The molecule has 1 amide bonds. The maximum atomic E-state index is 12.8. The quantitative estimate of drug-likeness (QED) is 0.845. The zero-order valence-corrected chi connectivity index (χ0v) is 16.8. The highest BCUT2D eigenvalue weighted by Crippen LogP contribution is 2.18. The van der Waals surface area contributed by atoms with Crippen molar-refractivity contribution in [3.63, 3.8) is 0 Å². The third kappa shape index (κ3) is 4.39. The summed E-state index contributed by atoms with van der Waals surface area (Å²) >= 11 is 0. The van der Waals surface area contributed by atoms with E-state index in [1.807, 2.05) is 38.1 Å². The smallest absolute Gasteiger partial charge is 0.255 e. The van der Waals surface area contributed by atoms with Crippen molar-refractivity contribution in [2.24, 2.45) is 0 Å². The van der Waals surface area contributed by atoms with Crippen molar-refractivity contribution in [1.82, 2.24) is 19.4 Å². The molecule has 2 aromatic rings. The predicted octanol–water partition coefficient (Wildman–Crippen LogP) is 1.90. The number of piperidine rings is 1. The Morgan fingerprint density at radius 3 is 2.63 bits per heavy atom.